The number of aromatic nitrogens is 1. The number of nitrogens with one attached hydrogen (secondary N) is 2. The summed E-state index contributed by atoms with van der Waals surface area (Å²) >= 11 is 3.35. The molecule has 2 amide bonds. The minimum absolute atomic E-state index is 0.227. The van der Waals surface area contributed by atoms with Crippen LogP contribution in [0.25, 0.3) is 0 Å². The van der Waals surface area contributed by atoms with Crippen LogP contribution in [0.15, 0.2) is 77.4 Å². The molecule has 0 aliphatic heterocycles. The quantitative estimate of drug-likeness (QED) is 0.689. The summed E-state index contributed by atoms with van der Waals surface area (Å²) in [6.07, 6.45) is 1.52. The highest BCUT2D eigenvalue weighted by molar-refractivity contribution is 9.10. The molecular weight excluding hydrogens is 382 g/mol. The highest BCUT2D eigenvalue weighted by Crippen LogP contribution is 2.18. The van der Waals surface area contributed by atoms with E-state index >= 15 is 0 Å². The van der Waals surface area contributed by atoms with Crippen molar-refractivity contribution in [3.8, 4) is 0 Å². The second-order valence-electron chi connectivity index (χ2n) is 5.18. The van der Waals surface area contributed by atoms with Gasteiger partial charge >= 0.3 is 0 Å². The van der Waals surface area contributed by atoms with Gasteiger partial charge in [0.05, 0.1) is 5.56 Å². The molecule has 3 aromatic rings. The molecular formula is C19H14BrN3O2. The maximum Gasteiger partial charge on any atom is 0.257 e. The summed E-state index contributed by atoms with van der Waals surface area (Å²) in [5, 5.41) is 5.50. The lowest BCUT2D eigenvalue weighted by atomic mass is 10.2. The number of hydrogen-bond donors (Lipinski definition) is 2. The summed E-state index contributed by atoms with van der Waals surface area (Å²) in [5.74, 6) is -0.159. The van der Waals surface area contributed by atoms with Crippen molar-refractivity contribution in [1.29, 1.82) is 0 Å². The molecule has 1 aromatic heterocycles. The van der Waals surface area contributed by atoms with Crippen LogP contribution in [0.2, 0.25) is 0 Å². The van der Waals surface area contributed by atoms with Crippen molar-refractivity contribution in [2.24, 2.45) is 0 Å². The van der Waals surface area contributed by atoms with Crippen molar-refractivity contribution >= 4 is 39.2 Å². The molecule has 5 nitrogen and oxygen atoms in total. The van der Waals surface area contributed by atoms with Crippen LogP contribution in [0.1, 0.15) is 20.7 Å². The first-order valence-corrected chi connectivity index (χ1v) is 8.31. The Kier molecular flexibility index (Phi) is 5.20. The maximum absolute atomic E-state index is 12.3. The van der Waals surface area contributed by atoms with Gasteiger partial charge in [0.2, 0.25) is 0 Å². The van der Waals surface area contributed by atoms with Gasteiger partial charge in [0.1, 0.15) is 5.82 Å². The predicted octanol–water partition coefficient (Wildman–Crippen LogP) is 4.35. The molecule has 2 aromatic carbocycles. The van der Waals surface area contributed by atoms with E-state index in [4.69, 9.17) is 0 Å². The fraction of sp³-hybridized carbons (Fsp3) is 0. The molecule has 0 aliphatic rings. The van der Waals surface area contributed by atoms with Gasteiger partial charge in [-0.2, -0.15) is 0 Å². The lowest BCUT2D eigenvalue weighted by molar-refractivity contribution is 0.101. The van der Waals surface area contributed by atoms with E-state index in [1.165, 1.54) is 6.20 Å². The number of amides is 2. The zero-order chi connectivity index (χ0) is 17.6. The zero-order valence-electron chi connectivity index (χ0n) is 13.1. The Labute approximate surface area is 153 Å². The zero-order valence-corrected chi connectivity index (χ0v) is 14.7. The average Bonchev–Trinajstić information content (AvgIpc) is 2.63. The topological polar surface area (TPSA) is 71.1 Å². The minimum Gasteiger partial charge on any atom is -0.322 e. The lowest BCUT2D eigenvalue weighted by Gasteiger charge is -2.09. The number of halogens is 1. The first-order chi connectivity index (χ1) is 12.1. The van der Waals surface area contributed by atoms with Crippen molar-refractivity contribution in [2.45, 2.75) is 0 Å². The van der Waals surface area contributed by atoms with E-state index in [9.17, 15) is 9.59 Å². The molecule has 0 spiro atoms. The van der Waals surface area contributed by atoms with Crippen molar-refractivity contribution in [3.05, 3.63) is 88.5 Å². The van der Waals surface area contributed by atoms with Crippen LogP contribution < -0.4 is 10.6 Å². The van der Waals surface area contributed by atoms with Crippen LogP contribution in [-0.2, 0) is 0 Å². The fourth-order valence-corrected chi connectivity index (χ4v) is 2.66. The maximum atomic E-state index is 12.3. The Balaban J connectivity index is 1.72. The highest BCUT2D eigenvalue weighted by atomic mass is 79.9. The van der Waals surface area contributed by atoms with E-state index in [1.807, 2.05) is 12.1 Å². The molecule has 0 unspecified atom stereocenters. The largest absolute Gasteiger partial charge is 0.322 e. The van der Waals surface area contributed by atoms with Crippen LogP contribution in [0, 0.1) is 0 Å². The lowest BCUT2D eigenvalue weighted by Crippen LogP contribution is -2.15. The van der Waals surface area contributed by atoms with E-state index < -0.39 is 0 Å². The third kappa shape index (κ3) is 4.30. The SMILES string of the molecule is O=C(Nc1ccnc(NC(=O)c2ccccc2Br)c1)c1ccccc1. The number of benzene rings is 2. The Bertz CT molecular complexity index is 913. The predicted molar refractivity (Wildman–Crippen MR) is 101 cm³/mol. The highest BCUT2D eigenvalue weighted by Gasteiger charge is 2.11. The number of carbonyl (C=O) groups excluding carboxylic acids is 2. The second kappa shape index (κ2) is 7.72. The van der Waals surface area contributed by atoms with Gasteiger partial charge in [-0.3, -0.25) is 9.59 Å². The summed E-state index contributed by atoms with van der Waals surface area (Å²) in [5.41, 5.74) is 1.60. The first-order valence-electron chi connectivity index (χ1n) is 7.52. The number of pyridine rings is 1. The van der Waals surface area contributed by atoms with Crippen molar-refractivity contribution < 1.29 is 9.59 Å². The molecule has 6 heteroatoms. The molecule has 0 aliphatic carbocycles. The van der Waals surface area contributed by atoms with E-state index in [2.05, 4.69) is 31.5 Å². The van der Waals surface area contributed by atoms with E-state index in [1.54, 1.807) is 54.6 Å². The molecule has 124 valence electrons. The van der Waals surface area contributed by atoms with Crippen LogP contribution in [0.3, 0.4) is 0 Å². The van der Waals surface area contributed by atoms with Gasteiger partial charge in [-0.25, -0.2) is 4.98 Å². The summed E-state index contributed by atoms with van der Waals surface area (Å²) in [6.45, 7) is 0. The fourth-order valence-electron chi connectivity index (χ4n) is 2.20. The molecule has 0 atom stereocenters. The summed E-state index contributed by atoms with van der Waals surface area (Å²) in [4.78, 5) is 28.6. The van der Waals surface area contributed by atoms with Gasteiger partial charge in [-0.05, 0) is 46.3 Å². The number of hydrogen-bond acceptors (Lipinski definition) is 3. The Morgan fingerprint density at radius 1 is 0.840 bits per heavy atom. The van der Waals surface area contributed by atoms with Crippen molar-refractivity contribution in [3.63, 3.8) is 0 Å². The standard InChI is InChI=1S/C19H14BrN3O2/c20-16-9-5-4-8-15(16)19(25)23-17-12-14(10-11-21-17)22-18(24)13-6-2-1-3-7-13/h1-12H,(H2,21,22,23,24,25). The Morgan fingerprint density at radius 2 is 1.56 bits per heavy atom. The third-order valence-corrected chi connectivity index (χ3v) is 4.11. The summed E-state index contributed by atoms with van der Waals surface area (Å²) in [7, 11) is 0. The number of anilines is 2. The van der Waals surface area contributed by atoms with E-state index in [-0.39, 0.29) is 11.8 Å². The van der Waals surface area contributed by atoms with Crippen LogP contribution in [0.5, 0.6) is 0 Å². The van der Waals surface area contributed by atoms with Crippen LogP contribution >= 0.6 is 15.9 Å². The first kappa shape index (κ1) is 16.9. The Hall–Kier alpha value is -2.99. The van der Waals surface area contributed by atoms with Gasteiger partial charge in [0.15, 0.2) is 0 Å². The third-order valence-electron chi connectivity index (χ3n) is 3.41. The van der Waals surface area contributed by atoms with Crippen LogP contribution in [-0.4, -0.2) is 16.8 Å². The minimum atomic E-state index is -0.286. The van der Waals surface area contributed by atoms with E-state index in [0.29, 0.717) is 27.1 Å². The van der Waals surface area contributed by atoms with Crippen molar-refractivity contribution in [2.75, 3.05) is 10.6 Å². The molecule has 3 rings (SSSR count). The second-order valence-corrected chi connectivity index (χ2v) is 6.04. The van der Waals surface area contributed by atoms with Crippen LogP contribution in [0.4, 0.5) is 11.5 Å². The molecule has 0 saturated heterocycles. The molecule has 0 saturated carbocycles. The summed E-state index contributed by atoms with van der Waals surface area (Å²) < 4.78 is 0.695. The van der Waals surface area contributed by atoms with Gasteiger partial charge in [0.25, 0.3) is 11.8 Å². The summed E-state index contributed by atoms with van der Waals surface area (Å²) in [6, 6.07) is 19.3. The number of carbonyl (C=O) groups is 2. The normalized spacial score (nSPS) is 10.1. The van der Waals surface area contributed by atoms with Gasteiger partial charge in [-0.1, -0.05) is 30.3 Å². The van der Waals surface area contributed by atoms with E-state index in [0.717, 1.165) is 0 Å². The van der Waals surface area contributed by atoms with Crippen molar-refractivity contribution in [1.82, 2.24) is 4.98 Å². The van der Waals surface area contributed by atoms with Gasteiger partial charge in [0, 0.05) is 28.0 Å². The molecule has 0 fully saturated rings. The molecule has 25 heavy (non-hydrogen) atoms. The number of rotatable bonds is 4. The molecule has 0 radical (unpaired) electrons. The molecule has 0 bridgehead atoms. The number of nitrogens with zero attached hydrogens (tertiary/aromatic N) is 1. The molecule has 2 N–H and O–H groups in total. The molecule has 1 heterocycles. The smallest absolute Gasteiger partial charge is 0.257 e. The average molecular weight is 396 g/mol. The van der Waals surface area contributed by atoms with Gasteiger partial charge < -0.3 is 10.6 Å². The van der Waals surface area contributed by atoms with Gasteiger partial charge in [-0.15, -0.1) is 0 Å². The Morgan fingerprint density at radius 3 is 2.32 bits per heavy atom. The monoisotopic (exact) mass is 395 g/mol.